The van der Waals surface area contributed by atoms with Gasteiger partial charge in [0.05, 0.1) is 18.6 Å². The standard InChI is InChI=1S/C19H28N2O3/c1-3-14(2)17(13-22)20-19(24)16-11-18(23)21(12-16)10-9-15-7-5-4-6-8-15/h4-8,14,16-17,22H,3,9-13H2,1-2H3,(H,20,24). The predicted octanol–water partition coefficient (Wildman–Crippen LogP) is 1.60. The lowest BCUT2D eigenvalue weighted by molar-refractivity contribution is -0.129. The topological polar surface area (TPSA) is 69.6 Å². The van der Waals surface area contributed by atoms with Crippen LogP contribution in [0.4, 0.5) is 0 Å². The van der Waals surface area contributed by atoms with Crippen LogP contribution in [0.15, 0.2) is 30.3 Å². The average molecular weight is 332 g/mol. The SMILES string of the molecule is CCC(C)C(CO)NC(=O)C1CC(=O)N(CCc2ccccc2)C1. The molecule has 5 heteroatoms. The van der Waals surface area contributed by atoms with E-state index in [2.05, 4.69) is 5.32 Å². The van der Waals surface area contributed by atoms with Crippen molar-refractivity contribution in [1.29, 1.82) is 0 Å². The van der Waals surface area contributed by atoms with Gasteiger partial charge in [0, 0.05) is 19.5 Å². The summed E-state index contributed by atoms with van der Waals surface area (Å²) in [5.74, 6) is -0.184. The number of carbonyl (C=O) groups excluding carboxylic acids is 2. The number of nitrogens with zero attached hydrogens (tertiary/aromatic N) is 1. The van der Waals surface area contributed by atoms with Crippen LogP contribution in [-0.4, -0.2) is 47.6 Å². The molecule has 0 aromatic heterocycles. The molecule has 1 aliphatic heterocycles. The fourth-order valence-corrected chi connectivity index (χ4v) is 3.03. The molecule has 2 rings (SSSR count). The lowest BCUT2D eigenvalue weighted by Gasteiger charge is -2.24. The second kappa shape index (κ2) is 8.83. The number of hydrogen-bond donors (Lipinski definition) is 2. The third-order valence-corrected chi connectivity index (χ3v) is 4.95. The Morgan fingerprint density at radius 1 is 1.38 bits per heavy atom. The number of amides is 2. The highest BCUT2D eigenvalue weighted by Crippen LogP contribution is 2.19. The lowest BCUT2D eigenvalue weighted by atomic mass is 9.98. The van der Waals surface area contributed by atoms with Gasteiger partial charge in [0.15, 0.2) is 0 Å². The van der Waals surface area contributed by atoms with Crippen LogP contribution in [0.25, 0.3) is 0 Å². The zero-order valence-corrected chi connectivity index (χ0v) is 14.6. The number of carbonyl (C=O) groups is 2. The third-order valence-electron chi connectivity index (χ3n) is 4.95. The summed E-state index contributed by atoms with van der Waals surface area (Å²) < 4.78 is 0. The molecule has 1 aromatic rings. The molecule has 1 heterocycles. The van der Waals surface area contributed by atoms with Gasteiger partial charge in [-0.25, -0.2) is 0 Å². The van der Waals surface area contributed by atoms with Crippen molar-refractivity contribution in [2.24, 2.45) is 11.8 Å². The Kier molecular flexibility index (Phi) is 6.79. The van der Waals surface area contributed by atoms with Crippen LogP contribution in [-0.2, 0) is 16.0 Å². The monoisotopic (exact) mass is 332 g/mol. The summed E-state index contributed by atoms with van der Waals surface area (Å²) >= 11 is 0. The maximum Gasteiger partial charge on any atom is 0.225 e. The van der Waals surface area contributed by atoms with Gasteiger partial charge in [-0.2, -0.15) is 0 Å². The van der Waals surface area contributed by atoms with Gasteiger partial charge in [0.25, 0.3) is 0 Å². The minimum absolute atomic E-state index is 0.0372. The summed E-state index contributed by atoms with van der Waals surface area (Å²) in [4.78, 5) is 26.3. The van der Waals surface area contributed by atoms with Crippen LogP contribution in [0.3, 0.4) is 0 Å². The summed E-state index contributed by atoms with van der Waals surface area (Å²) in [6.45, 7) is 5.08. The van der Waals surface area contributed by atoms with E-state index in [4.69, 9.17) is 0 Å². The first-order valence-corrected chi connectivity index (χ1v) is 8.78. The molecule has 1 aromatic carbocycles. The summed E-state index contributed by atoms with van der Waals surface area (Å²) in [5.41, 5.74) is 1.19. The maximum atomic E-state index is 12.4. The first-order valence-electron chi connectivity index (χ1n) is 8.78. The molecule has 3 unspecified atom stereocenters. The van der Waals surface area contributed by atoms with E-state index in [0.29, 0.717) is 13.1 Å². The van der Waals surface area contributed by atoms with Crippen molar-refractivity contribution in [3.63, 3.8) is 0 Å². The molecule has 0 aliphatic carbocycles. The normalized spacial score (nSPS) is 20.0. The van der Waals surface area contributed by atoms with E-state index >= 15 is 0 Å². The summed E-state index contributed by atoms with van der Waals surface area (Å²) in [6.07, 6.45) is 1.95. The van der Waals surface area contributed by atoms with Crippen molar-refractivity contribution in [3.05, 3.63) is 35.9 Å². The molecular weight excluding hydrogens is 304 g/mol. The maximum absolute atomic E-state index is 12.4. The molecule has 3 atom stereocenters. The molecule has 2 N–H and O–H groups in total. The van der Waals surface area contributed by atoms with Crippen LogP contribution < -0.4 is 5.32 Å². The van der Waals surface area contributed by atoms with Crippen molar-refractivity contribution in [1.82, 2.24) is 10.2 Å². The molecule has 0 saturated carbocycles. The highest BCUT2D eigenvalue weighted by atomic mass is 16.3. The Morgan fingerprint density at radius 3 is 2.71 bits per heavy atom. The highest BCUT2D eigenvalue weighted by molar-refractivity contribution is 5.89. The molecule has 2 amide bonds. The minimum atomic E-state index is -0.314. The van der Waals surface area contributed by atoms with Crippen molar-refractivity contribution >= 4 is 11.8 Å². The smallest absolute Gasteiger partial charge is 0.225 e. The van der Waals surface area contributed by atoms with E-state index in [-0.39, 0.29) is 42.7 Å². The van der Waals surface area contributed by atoms with E-state index in [9.17, 15) is 14.7 Å². The van der Waals surface area contributed by atoms with Gasteiger partial charge in [-0.1, -0.05) is 50.6 Å². The van der Waals surface area contributed by atoms with Gasteiger partial charge in [-0.3, -0.25) is 9.59 Å². The molecule has 5 nitrogen and oxygen atoms in total. The van der Waals surface area contributed by atoms with E-state index in [1.807, 2.05) is 44.2 Å². The minimum Gasteiger partial charge on any atom is -0.394 e. The number of aliphatic hydroxyl groups excluding tert-OH is 1. The Morgan fingerprint density at radius 2 is 2.08 bits per heavy atom. The molecule has 0 spiro atoms. The summed E-state index contributed by atoms with van der Waals surface area (Å²) in [6, 6.07) is 9.80. The van der Waals surface area contributed by atoms with Crippen LogP contribution >= 0.6 is 0 Å². The lowest BCUT2D eigenvalue weighted by Crippen LogP contribution is -2.45. The average Bonchev–Trinajstić information content (AvgIpc) is 2.99. The molecule has 0 bridgehead atoms. The van der Waals surface area contributed by atoms with E-state index in [0.717, 1.165) is 12.8 Å². The summed E-state index contributed by atoms with van der Waals surface area (Å²) in [7, 11) is 0. The van der Waals surface area contributed by atoms with Crippen LogP contribution in [0, 0.1) is 11.8 Å². The number of aliphatic hydroxyl groups is 1. The number of nitrogens with one attached hydrogen (secondary N) is 1. The van der Waals surface area contributed by atoms with Crippen molar-refractivity contribution in [2.75, 3.05) is 19.7 Å². The van der Waals surface area contributed by atoms with Crippen molar-refractivity contribution < 1.29 is 14.7 Å². The number of benzene rings is 1. The number of hydrogen-bond acceptors (Lipinski definition) is 3. The number of rotatable bonds is 8. The van der Waals surface area contributed by atoms with Crippen LogP contribution in [0.5, 0.6) is 0 Å². The van der Waals surface area contributed by atoms with E-state index < -0.39 is 0 Å². The van der Waals surface area contributed by atoms with Gasteiger partial charge in [0.2, 0.25) is 11.8 Å². The zero-order chi connectivity index (χ0) is 17.5. The molecular formula is C19H28N2O3. The Labute approximate surface area is 144 Å². The van der Waals surface area contributed by atoms with Gasteiger partial charge < -0.3 is 15.3 Å². The second-order valence-corrected chi connectivity index (χ2v) is 6.66. The molecule has 24 heavy (non-hydrogen) atoms. The Hall–Kier alpha value is -1.88. The largest absolute Gasteiger partial charge is 0.394 e. The molecule has 0 radical (unpaired) electrons. The van der Waals surface area contributed by atoms with Gasteiger partial charge >= 0.3 is 0 Å². The Balaban J connectivity index is 1.85. The van der Waals surface area contributed by atoms with E-state index in [1.165, 1.54) is 5.56 Å². The van der Waals surface area contributed by atoms with Crippen molar-refractivity contribution in [2.45, 2.75) is 39.2 Å². The zero-order valence-electron chi connectivity index (χ0n) is 14.6. The molecule has 1 fully saturated rings. The predicted molar refractivity (Wildman–Crippen MR) is 93.3 cm³/mol. The first-order chi connectivity index (χ1) is 11.5. The van der Waals surface area contributed by atoms with Crippen LogP contribution in [0.1, 0.15) is 32.3 Å². The summed E-state index contributed by atoms with van der Waals surface area (Å²) in [5, 5.41) is 12.3. The number of likely N-dealkylation sites (tertiary alicyclic amines) is 1. The Bertz CT molecular complexity index is 547. The van der Waals surface area contributed by atoms with Gasteiger partial charge in [-0.15, -0.1) is 0 Å². The fraction of sp³-hybridized carbons (Fsp3) is 0.579. The van der Waals surface area contributed by atoms with Crippen LogP contribution in [0.2, 0.25) is 0 Å². The van der Waals surface area contributed by atoms with E-state index in [1.54, 1.807) is 4.90 Å². The fourth-order valence-electron chi connectivity index (χ4n) is 3.03. The third kappa shape index (κ3) is 4.81. The first kappa shape index (κ1) is 18.5. The molecule has 132 valence electrons. The second-order valence-electron chi connectivity index (χ2n) is 6.66. The van der Waals surface area contributed by atoms with Gasteiger partial charge in [-0.05, 0) is 17.9 Å². The highest BCUT2D eigenvalue weighted by Gasteiger charge is 2.35. The molecule has 1 aliphatic rings. The van der Waals surface area contributed by atoms with Gasteiger partial charge in [0.1, 0.15) is 0 Å². The van der Waals surface area contributed by atoms with Crippen molar-refractivity contribution in [3.8, 4) is 0 Å². The molecule has 1 saturated heterocycles. The quantitative estimate of drug-likeness (QED) is 0.760.